The number of para-hydroxylation sites is 1. The van der Waals surface area contributed by atoms with Gasteiger partial charge in [0.1, 0.15) is 0 Å². The summed E-state index contributed by atoms with van der Waals surface area (Å²) in [5.74, 6) is 0. The lowest BCUT2D eigenvalue weighted by Gasteiger charge is -2.18. The van der Waals surface area contributed by atoms with E-state index in [4.69, 9.17) is 0 Å². The van der Waals surface area contributed by atoms with Crippen LogP contribution in [0.3, 0.4) is 0 Å². The minimum Gasteiger partial charge on any atom is -0.269 e. The van der Waals surface area contributed by atoms with Gasteiger partial charge in [-0.05, 0) is 18.6 Å². The van der Waals surface area contributed by atoms with Gasteiger partial charge in [-0.25, -0.2) is 0 Å². The maximum Gasteiger partial charge on any atom is 0.301 e. The number of pyridine rings is 1. The number of hydrogen-bond acceptors (Lipinski definition) is 3. The van der Waals surface area contributed by atoms with E-state index in [9.17, 15) is 8.42 Å². The van der Waals surface area contributed by atoms with Gasteiger partial charge in [0.25, 0.3) is 0 Å². The third kappa shape index (κ3) is 3.26. The molecule has 6 heteroatoms. The molecule has 0 unspecified atom stereocenters. The highest BCUT2D eigenvalue weighted by Gasteiger charge is 2.18. The summed E-state index contributed by atoms with van der Waals surface area (Å²) in [6.07, 6.45) is 3.45. The fourth-order valence-electron chi connectivity index (χ4n) is 1.90. The quantitative estimate of drug-likeness (QED) is 0.890. The highest BCUT2D eigenvalue weighted by atomic mass is 32.2. The highest BCUT2D eigenvalue weighted by Crippen LogP contribution is 2.22. The standard InChI is InChI=1S/C14H19N3O2S/c1-3-4-11-17(2)20(18,19)16-13-9-5-7-12-8-6-10-15-14(12)13/h5-10,16H,3-4,11H2,1-2H3. The van der Waals surface area contributed by atoms with E-state index in [0.29, 0.717) is 17.7 Å². The normalized spacial score (nSPS) is 11.9. The zero-order chi connectivity index (χ0) is 14.6. The Labute approximate surface area is 119 Å². The Balaban J connectivity index is 2.27. The van der Waals surface area contributed by atoms with E-state index in [1.807, 2.05) is 31.2 Å². The number of aromatic nitrogens is 1. The number of anilines is 1. The summed E-state index contributed by atoms with van der Waals surface area (Å²) in [7, 11) is -1.95. The molecule has 0 aliphatic heterocycles. The molecule has 20 heavy (non-hydrogen) atoms. The van der Waals surface area contributed by atoms with Crippen LogP contribution in [0.15, 0.2) is 36.5 Å². The first-order valence-electron chi connectivity index (χ1n) is 6.62. The molecular weight excluding hydrogens is 274 g/mol. The highest BCUT2D eigenvalue weighted by molar-refractivity contribution is 7.90. The topological polar surface area (TPSA) is 62.3 Å². The number of nitrogens with zero attached hydrogens (tertiary/aromatic N) is 2. The zero-order valence-corrected chi connectivity index (χ0v) is 12.5. The first kappa shape index (κ1) is 14.7. The van der Waals surface area contributed by atoms with Gasteiger partial charge in [0.15, 0.2) is 0 Å². The molecule has 0 fully saturated rings. The average Bonchev–Trinajstić information content (AvgIpc) is 2.44. The van der Waals surface area contributed by atoms with Crippen molar-refractivity contribution in [3.63, 3.8) is 0 Å². The first-order chi connectivity index (χ1) is 9.54. The van der Waals surface area contributed by atoms with Crippen molar-refractivity contribution >= 4 is 26.8 Å². The molecule has 0 spiro atoms. The van der Waals surface area contributed by atoms with Crippen LogP contribution in [0.1, 0.15) is 19.8 Å². The van der Waals surface area contributed by atoms with Gasteiger partial charge in [-0.15, -0.1) is 0 Å². The van der Waals surface area contributed by atoms with Gasteiger partial charge < -0.3 is 0 Å². The van der Waals surface area contributed by atoms with Crippen molar-refractivity contribution in [1.29, 1.82) is 0 Å². The predicted octanol–water partition coefficient (Wildman–Crippen LogP) is 2.62. The van der Waals surface area contributed by atoms with Crippen molar-refractivity contribution in [2.45, 2.75) is 19.8 Å². The molecule has 0 saturated carbocycles. The van der Waals surface area contributed by atoms with Crippen LogP contribution in [-0.2, 0) is 10.2 Å². The minimum absolute atomic E-state index is 0.504. The molecule has 108 valence electrons. The molecule has 1 aromatic carbocycles. The van der Waals surface area contributed by atoms with Crippen LogP contribution in [0, 0.1) is 0 Å². The lowest BCUT2D eigenvalue weighted by Crippen LogP contribution is -2.33. The lowest BCUT2D eigenvalue weighted by atomic mass is 10.2. The molecule has 0 atom stereocenters. The predicted molar refractivity (Wildman–Crippen MR) is 81.8 cm³/mol. The van der Waals surface area contributed by atoms with Crippen molar-refractivity contribution in [3.05, 3.63) is 36.5 Å². The van der Waals surface area contributed by atoms with Crippen LogP contribution < -0.4 is 4.72 Å². The molecule has 0 saturated heterocycles. The number of benzene rings is 1. The molecule has 2 aromatic rings. The molecule has 0 amide bonds. The molecule has 1 aromatic heterocycles. The Morgan fingerprint density at radius 3 is 2.75 bits per heavy atom. The van der Waals surface area contributed by atoms with Crippen LogP contribution in [0.5, 0.6) is 0 Å². The third-order valence-corrected chi connectivity index (χ3v) is 4.59. The lowest BCUT2D eigenvalue weighted by molar-refractivity contribution is 0.464. The van der Waals surface area contributed by atoms with Crippen LogP contribution in [0.2, 0.25) is 0 Å². The summed E-state index contributed by atoms with van der Waals surface area (Å²) in [5, 5.41) is 0.906. The average molecular weight is 293 g/mol. The first-order valence-corrected chi connectivity index (χ1v) is 8.06. The monoisotopic (exact) mass is 293 g/mol. The summed E-state index contributed by atoms with van der Waals surface area (Å²) >= 11 is 0. The fraction of sp³-hybridized carbons (Fsp3) is 0.357. The number of nitrogens with one attached hydrogen (secondary N) is 1. The van der Waals surface area contributed by atoms with Gasteiger partial charge in [0.2, 0.25) is 0 Å². The van der Waals surface area contributed by atoms with Crippen molar-refractivity contribution in [2.75, 3.05) is 18.3 Å². The van der Waals surface area contributed by atoms with Gasteiger partial charge in [-0.1, -0.05) is 31.5 Å². The molecule has 0 aliphatic rings. The smallest absolute Gasteiger partial charge is 0.269 e. The summed E-state index contributed by atoms with van der Waals surface area (Å²) in [6, 6.07) is 9.17. The molecule has 0 bridgehead atoms. The Morgan fingerprint density at radius 1 is 1.25 bits per heavy atom. The van der Waals surface area contributed by atoms with Gasteiger partial charge in [-0.3, -0.25) is 9.71 Å². The Kier molecular flexibility index (Phi) is 4.57. The van der Waals surface area contributed by atoms with E-state index in [1.54, 1.807) is 19.3 Å². The SMILES string of the molecule is CCCCN(C)S(=O)(=O)Nc1cccc2cccnc12. The van der Waals surface area contributed by atoms with Crippen LogP contribution in [0.4, 0.5) is 5.69 Å². The summed E-state index contributed by atoms with van der Waals surface area (Å²) in [5.41, 5.74) is 1.16. The van der Waals surface area contributed by atoms with E-state index >= 15 is 0 Å². The van der Waals surface area contributed by atoms with Crippen molar-refractivity contribution in [3.8, 4) is 0 Å². The Bertz CT molecular complexity index is 680. The Hall–Kier alpha value is -1.66. The Morgan fingerprint density at radius 2 is 2.00 bits per heavy atom. The molecule has 0 radical (unpaired) electrons. The molecule has 1 heterocycles. The van der Waals surface area contributed by atoms with Gasteiger partial charge in [0, 0.05) is 25.2 Å². The van der Waals surface area contributed by atoms with E-state index in [0.717, 1.165) is 18.2 Å². The number of rotatable bonds is 6. The van der Waals surface area contributed by atoms with Crippen molar-refractivity contribution in [2.24, 2.45) is 0 Å². The maximum absolute atomic E-state index is 12.2. The molecule has 1 N–H and O–H groups in total. The summed E-state index contributed by atoms with van der Waals surface area (Å²) in [4.78, 5) is 4.24. The number of hydrogen-bond donors (Lipinski definition) is 1. The molecule has 0 aliphatic carbocycles. The van der Waals surface area contributed by atoms with Crippen molar-refractivity contribution < 1.29 is 8.42 Å². The van der Waals surface area contributed by atoms with E-state index in [1.165, 1.54) is 4.31 Å². The zero-order valence-electron chi connectivity index (χ0n) is 11.7. The fourth-order valence-corrected chi connectivity index (χ4v) is 2.87. The summed E-state index contributed by atoms with van der Waals surface area (Å²) < 4.78 is 28.4. The molecular formula is C14H19N3O2S. The van der Waals surface area contributed by atoms with Gasteiger partial charge in [0.05, 0.1) is 11.2 Å². The van der Waals surface area contributed by atoms with Gasteiger partial charge in [-0.2, -0.15) is 12.7 Å². The second-order valence-electron chi connectivity index (χ2n) is 4.66. The van der Waals surface area contributed by atoms with Crippen LogP contribution in [-0.4, -0.2) is 31.3 Å². The van der Waals surface area contributed by atoms with Crippen LogP contribution >= 0.6 is 0 Å². The largest absolute Gasteiger partial charge is 0.301 e. The molecule has 2 rings (SSSR count). The van der Waals surface area contributed by atoms with E-state index in [2.05, 4.69) is 9.71 Å². The number of unbranched alkanes of at least 4 members (excludes halogenated alkanes) is 1. The van der Waals surface area contributed by atoms with Crippen LogP contribution in [0.25, 0.3) is 10.9 Å². The number of fused-ring (bicyclic) bond motifs is 1. The third-order valence-electron chi connectivity index (χ3n) is 3.11. The summed E-state index contributed by atoms with van der Waals surface area (Å²) in [6.45, 7) is 2.53. The minimum atomic E-state index is -3.53. The van der Waals surface area contributed by atoms with Crippen molar-refractivity contribution in [1.82, 2.24) is 9.29 Å². The van der Waals surface area contributed by atoms with Gasteiger partial charge >= 0.3 is 10.2 Å². The molecule has 5 nitrogen and oxygen atoms in total. The van der Waals surface area contributed by atoms with E-state index < -0.39 is 10.2 Å². The second-order valence-corrected chi connectivity index (χ2v) is 6.44. The second kappa shape index (κ2) is 6.19. The maximum atomic E-state index is 12.2. The van der Waals surface area contributed by atoms with E-state index in [-0.39, 0.29) is 0 Å².